The van der Waals surface area contributed by atoms with Gasteiger partial charge in [-0.25, -0.2) is 0 Å². The summed E-state index contributed by atoms with van der Waals surface area (Å²) in [6.07, 6.45) is 1.60. The molecule has 0 aliphatic heterocycles. The smallest absolute Gasteiger partial charge is 0.0596 e. The first-order valence-electron chi connectivity index (χ1n) is 9.39. The summed E-state index contributed by atoms with van der Waals surface area (Å²) in [4.78, 5) is 9.30. The Hall–Kier alpha value is -1.65. The van der Waals surface area contributed by atoms with E-state index in [0.717, 1.165) is 22.6 Å². The van der Waals surface area contributed by atoms with Gasteiger partial charge >= 0.3 is 0 Å². The summed E-state index contributed by atoms with van der Waals surface area (Å²) in [7, 11) is 0. The van der Waals surface area contributed by atoms with Gasteiger partial charge in [0.15, 0.2) is 0 Å². The molecule has 2 N–H and O–H groups in total. The van der Waals surface area contributed by atoms with Crippen molar-refractivity contribution in [1.29, 1.82) is 0 Å². The van der Waals surface area contributed by atoms with Crippen molar-refractivity contribution in [3.63, 3.8) is 0 Å². The van der Waals surface area contributed by atoms with E-state index in [1.54, 1.807) is 13.8 Å². The molecule has 2 atom stereocenters. The molecule has 3 aromatic rings. The summed E-state index contributed by atoms with van der Waals surface area (Å²) in [5, 5.41) is 19.5. The van der Waals surface area contributed by atoms with E-state index < -0.39 is 0 Å². The molecule has 0 fully saturated rings. The third-order valence-electron chi connectivity index (χ3n) is 4.20. The van der Waals surface area contributed by atoms with Crippen LogP contribution in [-0.2, 0) is 20.1 Å². The molecule has 0 aliphatic carbocycles. The van der Waals surface area contributed by atoms with E-state index in [1.165, 1.54) is 10.8 Å². The molecule has 0 amide bonds. The SMILES string of the molecule is CC(O)CC(C)O.Cc1nc(C(C)C)cnc1-c1[c-]ccc2ccccc12.[Ir]. The van der Waals surface area contributed by atoms with E-state index in [-0.39, 0.29) is 32.3 Å². The minimum Gasteiger partial charge on any atom is -0.393 e. The quantitative estimate of drug-likeness (QED) is 0.458. The standard InChI is InChI=1S/C18H17N2.C5H12O2.Ir/c1-12(2)17-11-19-18(13(3)20-17)16-10-6-8-14-7-4-5-9-15(14)16;1-4(6)3-5(2)7;/h4-9,11-12H,1-3H3;4-7H,3H2,1-2H3;/q-1;;. The Labute approximate surface area is 181 Å². The van der Waals surface area contributed by atoms with E-state index >= 15 is 0 Å². The number of hydrogen-bond acceptors (Lipinski definition) is 4. The van der Waals surface area contributed by atoms with Crippen molar-refractivity contribution in [2.24, 2.45) is 0 Å². The van der Waals surface area contributed by atoms with Gasteiger partial charge in [0.2, 0.25) is 0 Å². The van der Waals surface area contributed by atoms with Gasteiger partial charge in [-0.15, -0.1) is 29.1 Å². The fourth-order valence-corrected chi connectivity index (χ4v) is 2.88. The number of aliphatic hydroxyl groups is 2. The molecule has 0 bridgehead atoms. The van der Waals surface area contributed by atoms with E-state index in [2.05, 4.69) is 48.1 Å². The molecular formula is C23H29IrN2O2-. The maximum absolute atomic E-state index is 8.56. The number of hydrogen-bond donors (Lipinski definition) is 2. The Morgan fingerprint density at radius 1 is 1.00 bits per heavy atom. The number of aromatic nitrogens is 2. The summed E-state index contributed by atoms with van der Waals surface area (Å²) in [6.45, 7) is 9.60. The number of aliphatic hydroxyl groups excluding tert-OH is 2. The fourth-order valence-electron chi connectivity index (χ4n) is 2.88. The van der Waals surface area contributed by atoms with E-state index in [0.29, 0.717) is 12.3 Å². The molecule has 0 saturated carbocycles. The normalized spacial score (nSPS) is 12.7. The predicted octanol–water partition coefficient (Wildman–Crippen LogP) is 4.66. The average Bonchev–Trinajstić information content (AvgIpc) is 2.60. The van der Waals surface area contributed by atoms with Crippen LogP contribution in [0.15, 0.2) is 42.6 Å². The van der Waals surface area contributed by atoms with Gasteiger partial charge < -0.3 is 15.2 Å². The van der Waals surface area contributed by atoms with Gasteiger partial charge in [-0.05, 0) is 33.1 Å². The predicted molar refractivity (Wildman–Crippen MR) is 111 cm³/mol. The molecule has 2 aromatic carbocycles. The summed E-state index contributed by atoms with van der Waals surface area (Å²) in [5.74, 6) is 0.395. The first kappa shape index (κ1) is 24.4. The Kier molecular flexibility index (Phi) is 9.91. The van der Waals surface area contributed by atoms with Gasteiger partial charge in [-0.1, -0.05) is 43.5 Å². The van der Waals surface area contributed by atoms with Crippen LogP contribution in [0.4, 0.5) is 0 Å². The van der Waals surface area contributed by atoms with Crippen molar-refractivity contribution in [1.82, 2.24) is 9.97 Å². The zero-order chi connectivity index (χ0) is 20.0. The maximum Gasteiger partial charge on any atom is 0.0596 e. The molecule has 1 aromatic heterocycles. The molecular weight excluding hydrogens is 528 g/mol. The second kappa shape index (κ2) is 11.4. The average molecular weight is 558 g/mol. The van der Waals surface area contributed by atoms with Crippen LogP contribution in [0.5, 0.6) is 0 Å². The number of aryl methyl sites for hydroxylation is 1. The molecule has 0 saturated heterocycles. The van der Waals surface area contributed by atoms with E-state index in [1.807, 2.05) is 31.3 Å². The third-order valence-corrected chi connectivity index (χ3v) is 4.20. The van der Waals surface area contributed by atoms with E-state index in [4.69, 9.17) is 10.2 Å². The number of nitrogens with zero attached hydrogens (tertiary/aromatic N) is 2. The van der Waals surface area contributed by atoms with Crippen LogP contribution in [-0.4, -0.2) is 32.4 Å². The van der Waals surface area contributed by atoms with Gasteiger partial charge in [0.05, 0.1) is 17.9 Å². The van der Waals surface area contributed by atoms with Crippen molar-refractivity contribution >= 4 is 10.8 Å². The van der Waals surface area contributed by atoms with Crippen LogP contribution >= 0.6 is 0 Å². The molecule has 5 heteroatoms. The zero-order valence-corrected chi connectivity index (χ0v) is 19.5. The minimum absolute atomic E-state index is 0. The van der Waals surface area contributed by atoms with Crippen molar-refractivity contribution in [3.05, 3.63) is 60.0 Å². The molecule has 0 aliphatic rings. The van der Waals surface area contributed by atoms with Crippen LogP contribution < -0.4 is 0 Å². The maximum atomic E-state index is 8.56. The topological polar surface area (TPSA) is 66.2 Å². The Balaban J connectivity index is 0.000000425. The van der Waals surface area contributed by atoms with Crippen LogP contribution in [0, 0.1) is 13.0 Å². The molecule has 0 spiro atoms. The van der Waals surface area contributed by atoms with Gasteiger partial charge in [0.1, 0.15) is 0 Å². The number of benzene rings is 2. The van der Waals surface area contributed by atoms with Crippen LogP contribution in [0.25, 0.3) is 22.0 Å². The largest absolute Gasteiger partial charge is 0.393 e. The second-order valence-corrected chi connectivity index (χ2v) is 7.26. The monoisotopic (exact) mass is 558 g/mol. The Morgan fingerprint density at radius 3 is 2.18 bits per heavy atom. The second-order valence-electron chi connectivity index (χ2n) is 7.26. The fraction of sp³-hybridized carbons (Fsp3) is 0.391. The van der Waals surface area contributed by atoms with Gasteiger partial charge in [-0.3, -0.25) is 4.98 Å². The Bertz CT molecular complexity index is 868. The first-order chi connectivity index (χ1) is 12.8. The zero-order valence-electron chi connectivity index (χ0n) is 17.1. The van der Waals surface area contributed by atoms with Crippen molar-refractivity contribution < 1.29 is 30.3 Å². The van der Waals surface area contributed by atoms with Crippen molar-refractivity contribution in [2.45, 2.75) is 59.2 Å². The molecule has 28 heavy (non-hydrogen) atoms. The summed E-state index contributed by atoms with van der Waals surface area (Å²) in [6, 6.07) is 15.7. The van der Waals surface area contributed by atoms with Crippen molar-refractivity contribution in [3.8, 4) is 11.3 Å². The molecule has 3 rings (SSSR count). The summed E-state index contributed by atoms with van der Waals surface area (Å²) < 4.78 is 0. The minimum atomic E-state index is -0.375. The van der Waals surface area contributed by atoms with Crippen LogP contribution in [0.2, 0.25) is 0 Å². The van der Waals surface area contributed by atoms with Crippen molar-refractivity contribution in [2.75, 3.05) is 0 Å². The molecule has 4 nitrogen and oxygen atoms in total. The number of fused-ring (bicyclic) bond motifs is 1. The first-order valence-corrected chi connectivity index (χ1v) is 9.39. The Morgan fingerprint density at radius 2 is 1.64 bits per heavy atom. The van der Waals surface area contributed by atoms with Crippen LogP contribution in [0.3, 0.4) is 0 Å². The van der Waals surface area contributed by atoms with Gasteiger partial charge in [0.25, 0.3) is 0 Å². The summed E-state index contributed by atoms with van der Waals surface area (Å²) >= 11 is 0. The molecule has 1 radical (unpaired) electrons. The molecule has 2 unspecified atom stereocenters. The molecule has 1 heterocycles. The van der Waals surface area contributed by atoms with Gasteiger partial charge in [0, 0.05) is 37.7 Å². The van der Waals surface area contributed by atoms with Crippen LogP contribution in [0.1, 0.15) is 51.4 Å². The molecule has 153 valence electrons. The third kappa shape index (κ3) is 6.75. The van der Waals surface area contributed by atoms with E-state index in [9.17, 15) is 0 Å². The number of rotatable bonds is 4. The summed E-state index contributed by atoms with van der Waals surface area (Å²) in [5.41, 5.74) is 3.95. The van der Waals surface area contributed by atoms with Gasteiger partial charge in [-0.2, -0.15) is 0 Å².